The Hall–Kier alpha value is -1.46. The lowest BCUT2D eigenvalue weighted by atomic mass is 10.0. The van der Waals surface area contributed by atoms with Gasteiger partial charge in [0.1, 0.15) is 0 Å². The Kier molecular flexibility index (Phi) is 3.40. The Morgan fingerprint density at radius 3 is 3.00 bits per heavy atom. The van der Waals surface area contributed by atoms with Gasteiger partial charge in [0.2, 0.25) is 6.79 Å². The molecule has 0 radical (unpaired) electrons. The molecule has 0 fully saturated rings. The third-order valence-electron chi connectivity index (χ3n) is 2.56. The summed E-state index contributed by atoms with van der Waals surface area (Å²) >= 11 is 6.06. The van der Waals surface area contributed by atoms with Crippen molar-refractivity contribution in [3.05, 3.63) is 22.7 Å². The molecule has 0 amide bonds. The smallest absolute Gasteiger partial charge is 0.303 e. The van der Waals surface area contributed by atoms with Gasteiger partial charge in [-0.2, -0.15) is 0 Å². The summed E-state index contributed by atoms with van der Waals surface area (Å²) in [6.07, 6.45) is 0.289. The summed E-state index contributed by atoms with van der Waals surface area (Å²) in [6, 6.07) is 2.90. The maximum Gasteiger partial charge on any atom is 0.303 e. The van der Waals surface area contributed by atoms with E-state index in [0.717, 1.165) is 0 Å². The number of hydrogen-bond donors (Lipinski definition) is 2. The van der Waals surface area contributed by atoms with Crippen LogP contribution >= 0.6 is 11.6 Å². The van der Waals surface area contributed by atoms with Gasteiger partial charge < -0.3 is 20.3 Å². The molecule has 5 nitrogen and oxygen atoms in total. The van der Waals surface area contributed by atoms with Gasteiger partial charge in [-0.1, -0.05) is 11.6 Å². The average Bonchev–Trinajstić information content (AvgIpc) is 2.73. The summed E-state index contributed by atoms with van der Waals surface area (Å²) in [4.78, 5) is 10.5. The molecule has 1 unspecified atom stereocenters. The number of aliphatic carboxylic acids is 1. The summed E-state index contributed by atoms with van der Waals surface area (Å²) in [5, 5.41) is 9.09. The molecule has 0 saturated carbocycles. The summed E-state index contributed by atoms with van der Waals surface area (Å²) in [5.41, 5.74) is 6.55. The van der Waals surface area contributed by atoms with Crippen LogP contribution in [0.2, 0.25) is 5.02 Å². The van der Waals surface area contributed by atoms with E-state index in [0.29, 0.717) is 28.5 Å². The van der Waals surface area contributed by atoms with Gasteiger partial charge in [0, 0.05) is 23.0 Å². The molecule has 1 aliphatic rings. The fourth-order valence-corrected chi connectivity index (χ4v) is 2.03. The molecule has 6 heteroatoms. The van der Waals surface area contributed by atoms with Crippen LogP contribution in [0.3, 0.4) is 0 Å². The van der Waals surface area contributed by atoms with E-state index in [2.05, 4.69) is 0 Å². The van der Waals surface area contributed by atoms with Crippen molar-refractivity contribution < 1.29 is 19.4 Å². The SMILES string of the molecule is NC(CCC(=O)O)c1c(Cl)ccc2c1OCO2. The predicted octanol–water partition coefficient (Wildman–Crippen LogP) is 1.93. The molecule has 92 valence electrons. The molecule has 2 rings (SSSR count). The van der Waals surface area contributed by atoms with Gasteiger partial charge in [-0.15, -0.1) is 0 Å². The minimum absolute atomic E-state index is 0.0119. The highest BCUT2D eigenvalue weighted by atomic mass is 35.5. The first-order valence-electron chi connectivity index (χ1n) is 5.15. The number of halogens is 1. The molecule has 1 aliphatic heterocycles. The maximum absolute atomic E-state index is 10.5. The molecule has 0 saturated heterocycles. The molecule has 1 aromatic carbocycles. The van der Waals surface area contributed by atoms with Crippen molar-refractivity contribution in [1.82, 2.24) is 0 Å². The van der Waals surface area contributed by atoms with Crippen molar-refractivity contribution in [3.8, 4) is 11.5 Å². The lowest BCUT2D eigenvalue weighted by molar-refractivity contribution is -0.137. The Morgan fingerprint density at radius 1 is 1.53 bits per heavy atom. The van der Waals surface area contributed by atoms with Gasteiger partial charge in [-0.05, 0) is 18.6 Å². The van der Waals surface area contributed by atoms with Gasteiger partial charge in [0.05, 0.1) is 0 Å². The molecule has 1 heterocycles. The molecule has 0 spiro atoms. The van der Waals surface area contributed by atoms with Crippen LogP contribution in [-0.2, 0) is 4.79 Å². The molecule has 1 aromatic rings. The molecule has 1 atom stereocenters. The first-order valence-corrected chi connectivity index (χ1v) is 5.52. The van der Waals surface area contributed by atoms with Crippen LogP contribution in [0.25, 0.3) is 0 Å². The average molecular weight is 258 g/mol. The van der Waals surface area contributed by atoms with E-state index in [1.54, 1.807) is 12.1 Å². The number of carbonyl (C=O) groups is 1. The van der Waals surface area contributed by atoms with Gasteiger partial charge in [-0.25, -0.2) is 0 Å². The Morgan fingerprint density at radius 2 is 2.29 bits per heavy atom. The molecule has 0 bridgehead atoms. The Balaban J connectivity index is 2.25. The number of hydrogen-bond acceptors (Lipinski definition) is 4. The van der Waals surface area contributed by atoms with Crippen LogP contribution in [0, 0.1) is 0 Å². The fraction of sp³-hybridized carbons (Fsp3) is 0.364. The number of carboxylic acids is 1. The van der Waals surface area contributed by atoms with Crippen molar-refractivity contribution in [2.45, 2.75) is 18.9 Å². The van der Waals surface area contributed by atoms with Crippen molar-refractivity contribution >= 4 is 17.6 Å². The van der Waals surface area contributed by atoms with Gasteiger partial charge in [0.25, 0.3) is 0 Å². The number of ether oxygens (including phenoxy) is 2. The number of nitrogens with two attached hydrogens (primary N) is 1. The second-order valence-electron chi connectivity index (χ2n) is 3.73. The van der Waals surface area contributed by atoms with Crippen LogP contribution in [0.5, 0.6) is 11.5 Å². The highest BCUT2D eigenvalue weighted by Crippen LogP contribution is 2.42. The third kappa shape index (κ3) is 2.45. The number of benzene rings is 1. The van der Waals surface area contributed by atoms with Crippen LogP contribution in [-0.4, -0.2) is 17.9 Å². The van der Waals surface area contributed by atoms with Gasteiger partial charge in [-0.3, -0.25) is 4.79 Å². The zero-order valence-electron chi connectivity index (χ0n) is 8.98. The topological polar surface area (TPSA) is 81.8 Å². The van der Waals surface area contributed by atoms with Crippen LogP contribution in [0.15, 0.2) is 12.1 Å². The first kappa shape index (κ1) is 12.0. The van der Waals surface area contributed by atoms with Crippen molar-refractivity contribution in [3.63, 3.8) is 0 Å². The minimum Gasteiger partial charge on any atom is -0.481 e. The largest absolute Gasteiger partial charge is 0.481 e. The Bertz CT molecular complexity index is 449. The highest BCUT2D eigenvalue weighted by Gasteiger charge is 2.24. The molecule has 0 aromatic heterocycles. The quantitative estimate of drug-likeness (QED) is 0.861. The summed E-state index contributed by atoms with van der Waals surface area (Å²) in [5.74, 6) is 0.229. The standard InChI is InChI=1S/C11H12ClNO4/c12-6-1-3-8-11(17-5-16-8)10(6)7(13)2-4-9(14)15/h1,3,7H,2,4-5,13H2,(H,14,15). The second-order valence-corrected chi connectivity index (χ2v) is 4.14. The lowest BCUT2D eigenvalue weighted by Crippen LogP contribution is -2.13. The summed E-state index contributed by atoms with van der Waals surface area (Å²) in [6.45, 7) is 0.133. The van der Waals surface area contributed by atoms with E-state index < -0.39 is 12.0 Å². The zero-order chi connectivity index (χ0) is 12.4. The van der Waals surface area contributed by atoms with E-state index in [4.69, 9.17) is 31.9 Å². The van der Waals surface area contributed by atoms with Gasteiger partial charge in [0.15, 0.2) is 11.5 Å². The molecule has 3 N–H and O–H groups in total. The zero-order valence-corrected chi connectivity index (χ0v) is 9.74. The summed E-state index contributed by atoms with van der Waals surface area (Å²) < 4.78 is 10.5. The molecular formula is C11H12ClNO4. The Labute approximate surface area is 103 Å². The van der Waals surface area contributed by atoms with E-state index >= 15 is 0 Å². The van der Waals surface area contributed by atoms with Gasteiger partial charge >= 0.3 is 5.97 Å². The fourth-order valence-electron chi connectivity index (χ4n) is 1.74. The third-order valence-corrected chi connectivity index (χ3v) is 2.89. The first-order chi connectivity index (χ1) is 8.09. The van der Waals surface area contributed by atoms with E-state index in [1.165, 1.54) is 0 Å². The minimum atomic E-state index is -0.888. The normalized spacial score (nSPS) is 14.7. The van der Waals surface area contributed by atoms with Crippen molar-refractivity contribution in [2.24, 2.45) is 5.73 Å². The predicted molar refractivity (Wildman–Crippen MR) is 61.4 cm³/mol. The number of fused-ring (bicyclic) bond motifs is 1. The van der Waals surface area contributed by atoms with Crippen LogP contribution in [0.4, 0.5) is 0 Å². The monoisotopic (exact) mass is 257 g/mol. The second kappa shape index (κ2) is 4.81. The lowest BCUT2D eigenvalue weighted by Gasteiger charge is -2.14. The van der Waals surface area contributed by atoms with Crippen molar-refractivity contribution in [2.75, 3.05) is 6.79 Å². The van der Waals surface area contributed by atoms with Crippen LogP contribution < -0.4 is 15.2 Å². The molecular weight excluding hydrogens is 246 g/mol. The van der Waals surface area contributed by atoms with E-state index in [9.17, 15) is 4.79 Å². The number of rotatable bonds is 4. The number of carboxylic acid groups (broad SMARTS) is 1. The highest BCUT2D eigenvalue weighted by molar-refractivity contribution is 6.31. The van der Waals surface area contributed by atoms with E-state index in [-0.39, 0.29) is 13.2 Å². The van der Waals surface area contributed by atoms with Crippen LogP contribution in [0.1, 0.15) is 24.4 Å². The molecule has 0 aliphatic carbocycles. The van der Waals surface area contributed by atoms with E-state index in [1.807, 2.05) is 0 Å². The summed E-state index contributed by atoms with van der Waals surface area (Å²) in [7, 11) is 0. The maximum atomic E-state index is 10.5. The molecule has 17 heavy (non-hydrogen) atoms. The van der Waals surface area contributed by atoms with Crippen molar-refractivity contribution in [1.29, 1.82) is 0 Å².